The maximum atomic E-state index is 12.1. The molecule has 23 heavy (non-hydrogen) atoms. The summed E-state index contributed by atoms with van der Waals surface area (Å²) in [6, 6.07) is 5.46. The third-order valence-corrected chi connectivity index (χ3v) is 3.55. The van der Waals surface area contributed by atoms with Crippen molar-refractivity contribution in [1.82, 2.24) is 5.32 Å². The van der Waals surface area contributed by atoms with Crippen LogP contribution in [0.2, 0.25) is 0 Å². The number of benzene rings is 1. The average Bonchev–Trinajstić information content (AvgIpc) is 2.50. The maximum absolute atomic E-state index is 12.1. The molecule has 1 aromatic carbocycles. The molecule has 0 heterocycles. The van der Waals surface area contributed by atoms with Crippen molar-refractivity contribution in [2.24, 2.45) is 0 Å². The van der Waals surface area contributed by atoms with E-state index >= 15 is 0 Å². The van der Waals surface area contributed by atoms with E-state index in [1.54, 1.807) is 20.3 Å². The molecule has 1 rings (SSSR count). The van der Waals surface area contributed by atoms with Gasteiger partial charge in [0.2, 0.25) is 5.91 Å². The van der Waals surface area contributed by atoms with Gasteiger partial charge in [-0.1, -0.05) is 0 Å². The predicted octanol–water partition coefficient (Wildman–Crippen LogP) is 2.40. The number of carboxylic acid groups (broad SMARTS) is 1. The normalized spacial score (nSPS) is 11.0. The number of carbonyl (C=O) groups is 2. The highest BCUT2D eigenvalue weighted by Crippen LogP contribution is 2.25. The highest BCUT2D eigenvalue weighted by Gasteiger charge is 2.21. The topological polar surface area (TPSA) is 84.9 Å². The molecule has 128 valence electrons. The second kappa shape index (κ2) is 8.41. The lowest BCUT2D eigenvalue weighted by Crippen LogP contribution is -2.43. The van der Waals surface area contributed by atoms with Crippen LogP contribution in [0, 0.1) is 0 Å². The second-order valence-corrected chi connectivity index (χ2v) is 6.00. The number of methoxy groups -OCH3 is 2. The summed E-state index contributed by atoms with van der Waals surface area (Å²) in [6.45, 7) is 3.64. The first-order valence-electron chi connectivity index (χ1n) is 7.51. The Bertz CT molecular complexity index is 554. The van der Waals surface area contributed by atoms with Crippen LogP contribution < -0.4 is 14.8 Å². The van der Waals surface area contributed by atoms with Crippen molar-refractivity contribution >= 4 is 11.9 Å². The summed E-state index contributed by atoms with van der Waals surface area (Å²) in [6.07, 6.45) is 1.22. The first-order chi connectivity index (χ1) is 10.8. The van der Waals surface area contributed by atoms with Gasteiger partial charge in [0.1, 0.15) is 11.5 Å². The highest BCUT2D eigenvalue weighted by molar-refractivity contribution is 5.77. The summed E-state index contributed by atoms with van der Waals surface area (Å²) >= 11 is 0. The number of ether oxygens (including phenoxy) is 2. The molecule has 0 spiro atoms. The van der Waals surface area contributed by atoms with E-state index in [1.165, 1.54) is 0 Å². The zero-order chi connectivity index (χ0) is 17.5. The third kappa shape index (κ3) is 6.59. The molecule has 0 aliphatic rings. The van der Waals surface area contributed by atoms with Crippen LogP contribution in [0.4, 0.5) is 0 Å². The van der Waals surface area contributed by atoms with E-state index in [1.807, 2.05) is 26.0 Å². The van der Waals surface area contributed by atoms with Gasteiger partial charge in [-0.2, -0.15) is 0 Å². The highest BCUT2D eigenvalue weighted by atomic mass is 16.5. The minimum Gasteiger partial charge on any atom is -0.497 e. The van der Waals surface area contributed by atoms with Gasteiger partial charge in [0.05, 0.1) is 14.2 Å². The van der Waals surface area contributed by atoms with Gasteiger partial charge in [-0.05, 0) is 50.5 Å². The van der Waals surface area contributed by atoms with Crippen LogP contribution in [0.3, 0.4) is 0 Å². The number of hydrogen-bond donors (Lipinski definition) is 2. The Balaban J connectivity index is 2.60. The van der Waals surface area contributed by atoms with Crippen LogP contribution in [-0.4, -0.2) is 36.7 Å². The van der Waals surface area contributed by atoms with Crippen LogP contribution in [0.15, 0.2) is 18.2 Å². The quantitative estimate of drug-likeness (QED) is 0.729. The van der Waals surface area contributed by atoms with Gasteiger partial charge in [-0.15, -0.1) is 0 Å². The average molecular weight is 323 g/mol. The van der Waals surface area contributed by atoms with Crippen LogP contribution >= 0.6 is 0 Å². The van der Waals surface area contributed by atoms with Gasteiger partial charge in [-0.3, -0.25) is 9.59 Å². The number of carbonyl (C=O) groups excluding carboxylic acids is 1. The number of nitrogens with one attached hydrogen (secondary N) is 1. The van der Waals surface area contributed by atoms with E-state index < -0.39 is 11.5 Å². The fourth-order valence-corrected chi connectivity index (χ4v) is 2.25. The molecular formula is C17H25NO5. The van der Waals surface area contributed by atoms with E-state index in [4.69, 9.17) is 14.6 Å². The lowest BCUT2D eigenvalue weighted by atomic mass is 9.97. The molecule has 6 heteroatoms. The summed E-state index contributed by atoms with van der Waals surface area (Å²) in [5, 5.41) is 11.6. The Kier molecular flexibility index (Phi) is 6.88. The van der Waals surface area contributed by atoms with Crippen LogP contribution in [0.25, 0.3) is 0 Å². The second-order valence-electron chi connectivity index (χ2n) is 6.00. The summed E-state index contributed by atoms with van der Waals surface area (Å²) in [7, 11) is 3.17. The first kappa shape index (κ1) is 18.8. The molecule has 0 bridgehead atoms. The largest absolute Gasteiger partial charge is 0.497 e. The van der Waals surface area contributed by atoms with Crippen molar-refractivity contribution < 1.29 is 24.2 Å². The van der Waals surface area contributed by atoms with Crippen molar-refractivity contribution in [2.45, 2.75) is 45.1 Å². The smallest absolute Gasteiger partial charge is 0.303 e. The molecule has 1 aromatic rings. The molecule has 0 aliphatic heterocycles. The van der Waals surface area contributed by atoms with Crippen LogP contribution in [0.5, 0.6) is 11.5 Å². The van der Waals surface area contributed by atoms with Crippen molar-refractivity contribution in [3.8, 4) is 11.5 Å². The lowest BCUT2D eigenvalue weighted by molar-refractivity contribution is -0.137. The van der Waals surface area contributed by atoms with E-state index in [9.17, 15) is 9.59 Å². The molecule has 0 radical (unpaired) electrons. The van der Waals surface area contributed by atoms with E-state index in [2.05, 4.69) is 5.32 Å². The fourth-order valence-electron chi connectivity index (χ4n) is 2.25. The Morgan fingerprint density at radius 2 is 1.87 bits per heavy atom. The number of rotatable bonds is 9. The van der Waals surface area contributed by atoms with Gasteiger partial charge in [-0.25, -0.2) is 0 Å². The molecule has 0 fully saturated rings. The molecule has 0 atom stereocenters. The van der Waals surface area contributed by atoms with Gasteiger partial charge in [0.15, 0.2) is 0 Å². The Hall–Kier alpha value is -2.24. The van der Waals surface area contributed by atoms with Crippen molar-refractivity contribution in [1.29, 1.82) is 0 Å². The van der Waals surface area contributed by atoms with Crippen LogP contribution in [0.1, 0.15) is 38.7 Å². The Labute approximate surface area is 136 Å². The molecule has 1 amide bonds. The number of hydrogen-bond acceptors (Lipinski definition) is 4. The van der Waals surface area contributed by atoms with Crippen LogP contribution in [-0.2, 0) is 16.0 Å². The lowest BCUT2D eigenvalue weighted by Gasteiger charge is -2.25. The van der Waals surface area contributed by atoms with Gasteiger partial charge in [0.25, 0.3) is 0 Å². The molecule has 0 saturated carbocycles. The minimum atomic E-state index is -0.867. The number of aliphatic carboxylic acids is 1. The minimum absolute atomic E-state index is 0.0248. The third-order valence-electron chi connectivity index (χ3n) is 3.55. The summed E-state index contributed by atoms with van der Waals surface area (Å²) in [4.78, 5) is 22.7. The summed E-state index contributed by atoms with van der Waals surface area (Å²) in [5.74, 6) is 0.436. The van der Waals surface area contributed by atoms with Gasteiger partial charge < -0.3 is 19.9 Å². The summed E-state index contributed by atoms with van der Waals surface area (Å²) in [5.41, 5.74) is 0.346. The zero-order valence-corrected chi connectivity index (χ0v) is 14.1. The Morgan fingerprint density at radius 1 is 1.17 bits per heavy atom. The van der Waals surface area contributed by atoms with E-state index in [-0.39, 0.29) is 12.3 Å². The zero-order valence-electron chi connectivity index (χ0n) is 14.1. The molecule has 0 aromatic heterocycles. The van der Waals surface area contributed by atoms with E-state index in [0.717, 1.165) is 5.56 Å². The SMILES string of the molecule is COc1ccc(OC)c(CCC(=O)NC(C)(C)CCC(=O)O)c1. The summed E-state index contributed by atoms with van der Waals surface area (Å²) < 4.78 is 10.5. The molecule has 2 N–H and O–H groups in total. The van der Waals surface area contributed by atoms with Crippen molar-refractivity contribution in [3.05, 3.63) is 23.8 Å². The van der Waals surface area contributed by atoms with E-state index in [0.29, 0.717) is 30.8 Å². The van der Waals surface area contributed by atoms with Gasteiger partial charge >= 0.3 is 5.97 Å². The van der Waals surface area contributed by atoms with Crippen molar-refractivity contribution in [2.75, 3.05) is 14.2 Å². The standard InChI is InChI=1S/C17H25NO5/c1-17(2,10-9-16(20)21)18-15(19)8-5-12-11-13(22-3)6-7-14(12)23-4/h6-7,11H,5,8-10H2,1-4H3,(H,18,19)(H,20,21). The number of amides is 1. The predicted molar refractivity (Wildman–Crippen MR) is 87.0 cm³/mol. The van der Waals surface area contributed by atoms with Crippen molar-refractivity contribution in [3.63, 3.8) is 0 Å². The maximum Gasteiger partial charge on any atom is 0.303 e. The number of aryl methyl sites for hydroxylation is 1. The molecule has 0 unspecified atom stereocenters. The number of carboxylic acids is 1. The first-order valence-corrected chi connectivity index (χ1v) is 7.51. The Morgan fingerprint density at radius 3 is 2.43 bits per heavy atom. The molecular weight excluding hydrogens is 298 g/mol. The molecule has 6 nitrogen and oxygen atoms in total. The van der Waals surface area contributed by atoms with Gasteiger partial charge in [0, 0.05) is 18.4 Å². The fraction of sp³-hybridized carbons (Fsp3) is 0.529. The molecule has 0 aliphatic carbocycles. The molecule has 0 saturated heterocycles. The monoisotopic (exact) mass is 323 g/mol.